The fourth-order valence-corrected chi connectivity index (χ4v) is 3.98. The van der Waals surface area contributed by atoms with Gasteiger partial charge in [-0.25, -0.2) is 4.79 Å². The minimum absolute atomic E-state index is 0.131. The van der Waals surface area contributed by atoms with Crippen LogP contribution in [0.2, 0.25) is 0 Å². The lowest BCUT2D eigenvalue weighted by Gasteiger charge is -2.34. The Kier molecular flexibility index (Phi) is 6.90. The van der Waals surface area contributed by atoms with Crippen molar-refractivity contribution in [2.45, 2.75) is 44.9 Å². The van der Waals surface area contributed by atoms with Crippen molar-refractivity contribution in [3.8, 4) is 0 Å². The maximum atomic E-state index is 12.0. The van der Waals surface area contributed by atoms with Crippen LogP contribution < -0.4 is 20.4 Å². The SMILES string of the molecule is CNC(=O)CCCCC1CCN(c2ccc(N3CCC(=O)NC3=O)cc2)CC1. The Morgan fingerprint density at radius 3 is 2.39 bits per heavy atom. The number of urea groups is 1. The molecule has 0 atom stereocenters. The molecule has 0 unspecified atom stereocenters. The third-order valence-corrected chi connectivity index (χ3v) is 5.74. The van der Waals surface area contributed by atoms with Gasteiger partial charge in [0.25, 0.3) is 0 Å². The molecular weight excluding hydrogens is 356 g/mol. The number of rotatable bonds is 7. The second kappa shape index (κ2) is 9.57. The zero-order valence-corrected chi connectivity index (χ0v) is 16.6. The molecule has 2 aliphatic rings. The summed E-state index contributed by atoms with van der Waals surface area (Å²) < 4.78 is 0. The predicted octanol–water partition coefficient (Wildman–Crippen LogP) is 2.66. The molecule has 2 N–H and O–H groups in total. The van der Waals surface area contributed by atoms with Gasteiger partial charge in [0.05, 0.1) is 0 Å². The van der Waals surface area contributed by atoms with E-state index in [-0.39, 0.29) is 17.8 Å². The highest BCUT2D eigenvalue weighted by atomic mass is 16.2. The van der Waals surface area contributed by atoms with Crippen LogP contribution in [-0.4, -0.2) is 44.5 Å². The summed E-state index contributed by atoms with van der Waals surface area (Å²) in [5, 5.41) is 5.03. The lowest BCUT2D eigenvalue weighted by molar-refractivity contribution is -0.121. The molecule has 3 rings (SSSR count). The third kappa shape index (κ3) is 5.24. The summed E-state index contributed by atoms with van der Waals surface area (Å²) in [7, 11) is 1.69. The molecule has 0 bridgehead atoms. The molecule has 2 saturated heterocycles. The molecule has 28 heavy (non-hydrogen) atoms. The molecule has 1 aromatic rings. The number of hydrogen-bond donors (Lipinski definition) is 2. The highest BCUT2D eigenvalue weighted by molar-refractivity contribution is 6.05. The second-order valence-electron chi connectivity index (χ2n) is 7.62. The highest BCUT2D eigenvalue weighted by Crippen LogP contribution is 2.28. The van der Waals surface area contributed by atoms with E-state index < -0.39 is 0 Å². The third-order valence-electron chi connectivity index (χ3n) is 5.74. The van der Waals surface area contributed by atoms with Crippen LogP contribution in [0.25, 0.3) is 0 Å². The van der Waals surface area contributed by atoms with Gasteiger partial charge in [0.1, 0.15) is 0 Å². The molecule has 0 saturated carbocycles. The highest BCUT2D eigenvalue weighted by Gasteiger charge is 2.24. The van der Waals surface area contributed by atoms with Gasteiger partial charge in [-0.15, -0.1) is 0 Å². The summed E-state index contributed by atoms with van der Waals surface area (Å²) >= 11 is 0. The fraction of sp³-hybridized carbons (Fsp3) is 0.571. The van der Waals surface area contributed by atoms with Crippen molar-refractivity contribution in [3.05, 3.63) is 24.3 Å². The Bertz CT molecular complexity index is 696. The van der Waals surface area contributed by atoms with Gasteiger partial charge in [0.15, 0.2) is 0 Å². The van der Waals surface area contributed by atoms with E-state index in [4.69, 9.17) is 0 Å². The number of amides is 4. The van der Waals surface area contributed by atoms with E-state index in [1.54, 1.807) is 11.9 Å². The summed E-state index contributed by atoms with van der Waals surface area (Å²) in [5.74, 6) is 0.663. The minimum Gasteiger partial charge on any atom is -0.372 e. The largest absolute Gasteiger partial charge is 0.372 e. The molecule has 152 valence electrons. The summed E-state index contributed by atoms with van der Waals surface area (Å²) in [4.78, 5) is 38.5. The van der Waals surface area contributed by atoms with Crippen molar-refractivity contribution in [3.63, 3.8) is 0 Å². The van der Waals surface area contributed by atoms with Crippen LogP contribution in [0, 0.1) is 5.92 Å². The Labute approximate surface area is 166 Å². The zero-order chi connectivity index (χ0) is 19.9. The first-order chi connectivity index (χ1) is 13.6. The van der Waals surface area contributed by atoms with Gasteiger partial charge in [-0.1, -0.05) is 12.8 Å². The second-order valence-corrected chi connectivity index (χ2v) is 7.62. The maximum absolute atomic E-state index is 12.0. The van der Waals surface area contributed by atoms with Gasteiger partial charge in [-0.05, 0) is 49.4 Å². The normalized spacial score (nSPS) is 18.2. The quantitative estimate of drug-likeness (QED) is 0.706. The van der Waals surface area contributed by atoms with Crippen LogP contribution in [0.4, 0.5) is 16.2 Å². The molecule has 0 aromatic heterocycles. The molecule has 0 aliphatic carbocycles. The first kappa shape index (κ1) is 20.2. The number of unbranched alkanes of at least 4 members (excludes halogenated alkanes) is 1. The predicted molar refractivity (Wildman–Crippen MR) is 109 cm³/mol. The van der Waals surface area contributed by atoms with Crippen LogP contribution in [-0.2, 0) is 9.59 Å². The van der Waals surface area contributed by atoms with Crippen LogP contribution in [0.3, 0.4) is 0 Å². The number of benzene rings is 1. The maximum Gasteiger partial charge on any atom is 0.328 e. The molecular formula is C21H30N4O3. The van der Waals surface area contributed by atoms with Crippen LogP contribution >= 0.6 is 0 Å². The van der Waals surface area contributed by atoms with E-state index in [2.05, 4.69) is 27.7 Å². The van der Waals surface area contributed by atoms with Crippen molar-refractivity contribution >= 4 is 29.2 Å². The van der Waals surface area contributed by atoms with E-state index >= 15 is 0 Å². The van der Waals surface area contributed by atoms with Crippen LogP contribution in [0.15, 0.2) is 24.3 Å². The van der Waals surface area contributed by atoms with E-state index in [1.165, 1.54) is 24.9 Å². The zero-order valence-electron chi connectivity index (χ0n) is 16.6. The van der Waals surface area contributed by atoms with Crippen molar-refractivity contribution in [1.82, 2.24) is 10.6 Å². The molecule has 0 spiro atoms. The number of carbonyl (C=O) groups excluding carboxylic acids is 3. The standard InChI is InChI=1S/C21H30N4O3/c1-22-19(26)5-3-2-4-16-10-13-24(14-11-16)17-6-8-18(9-7-17)25-15-12-20(27)23-21(25)28/h6-9,16H,2-5,10-15H2,1H3,(H,22,26)(H,23,27,28). The Hall–Kier alpha value is -2.57. The number of anilines is 2. The van der Waals surface area contributed by atoms with Crippen LogP contribution in [0.1, 0.15) is 44.9 Å². The number of piperidine rings is 1. The smallest absolute Gasteiger partial charge is 0.328 e. The van der Waals surface area contributed by atoms with Gasteiger partial charge >= 0.3 is 6.03 Å². The number of nitrogens with zero attached hydrogens (tertiary/aromatic N) is 2. The number of imide groups is 1. The molecule has 2 fully saturated rings. The molecule has 7 nitrogen and oxygen atoms in total. The van der Waals surface area contributed by atoms with Gasteiger partial charge in [0, 0.05) is 50.9 Å². The Morgan fingerprint density at radius 2 is 1.75 bits per heavy atom. The van der Waals surface area contributed by atoms with Gasteiger partial charge in [-0.3, -0.25) is 19.8 Å². The van der Waals surface area contributed by atoms with Crippen LogP contribution in [0.5, 0.6) is 0 Å². The van der Waals surface area contributed by atoms with E-state index in [0.29, 0.717) is 19.4 Å². The van der Waals surface area contributed by atoms with Crippen molar-refractivity contribution in [1.29, 1.82) is 0 Å². The van der Waals surface area contributed by atoms with Crippen molar-refractivity contribution in [2.24, 2.45) is 5.92 Å². The Morgan fingerprint density at radius 1 is 1.07 bits per heavy atom. The van der Waals surface area contributed by atoms with Gasteiger partial charge in [-0.2, -0.15) is 0 Å². The van der Waals surface area contributed by atoms with E-state index in [0.717, 1.165) is 37.5 Å². The summed E-state index contributed by atoms with van der Waals surface area (Å²) in [6.07, 6.45) is 6.61. The first-order valence-electron chi connectivity index (χ1n) is 10.2. The number of nitrogens with one attached hydrogen (secondary N) is 2. The minimum atomic E-state index is -0.346. The number of carbonyl (C=O) groups is 3. The Balaban J connectivity index is 1.44. The van der Waals surface area contributed by atoms with Gasteiger partial charge in [0.2, 0.25) is 11.8 Å². The van der Waals surface area contributed by atoms with Crippen molar-refractivity contribution < 1.29 is 14.4 Å². The summed E-state index contributed by atoms with van der Waals surface area (Å²) in [6.45, 7) is 2.51. The lowest BCUT2D eigenvalue weighted by Crippen LogP contribution is -2.49. The average molecular weight is 386 g/mol. The summed E-state index contributed by atoms with van der Waals surface area (Å²) in [5.41, 5.74) is 2.00. The van der Waals surface area contributed by atoms with E-state index in [1.807, 2.05) is 12.1 Å². The summed E-state index contributed by atoms with van der Waals surface area (Å²) in [6, 6.07) is 7.68. The molecule has 7 heteroatoms. The molecule has 4 amide bonds. The fourth-order valence-electron chi connectivity index (χ4n) is 3.98. The monoisotopic (exact) mass is 386 g/mol. The molecule has 2 heterocycles. The first-order valence-corrected chi connectivity index (χ1v) is 10.2. The van der Waals surface area contributed by atoms with Crippen molar-refractivity contribution in [2.75, 3.05) is 36.5 Å². The number of hydrogen-bond acceptors (Lipinski definition) is 4. The van der Waals surface area contributed by atoms with E-state index in [9.17, 15) is 14.4 Å². The van der Waals surface area contributed by atoms with Gasteiger partial charge < -0.3 is 10.2 Å². The average Bonchev–Trinajstić information content (AvgIpc) is 2.72. The molecule has 0 radical (unpaired) electrons. The topological polar surface area (TPSA) is 81.8 Å². The molecule has 1 aromatic carbocycles. The lowest BCUT2D eigenvalue weighted by atomic mass is 9.91. The molecule has 2 aliphatic heterocycles.